The van der Waals surface area contributed by atoms with Crippen LogP contribution in [-0.2, 0) is 36.2 Å². The molecule has 13 nitrogen and oxygen atoms in total. The molecular weight excluding hydrogens is 754 g/mol. The van der Waals surface area contributed by atoms with E-state index >= 15 is 4.21 Å². The molecule has 1 aromatic carbocycles. The van der Waals surface area contributed by atoms with Gasteiger partial charge in [0, 0.05) is 51.6 Å². The topological polar surface area (TPSA) is 152 Å². The number of piperidine rings is 1. The van der Waals surface area contributed by atoms with Gasteiger partial charge in [0.25, 0.3) is 0 Å². The van der Waals surface area contributed by atoms with E-state index in [4.69, 9.17) is 13.7 Å². The fourth-order valence-corrected chi connectivity index (χ4v) is 10.5. The third-order valence-electron chi connectivity index (χ3n) is 11.7. The molecule has 2 N–H and O–H groups in total. The van der Waals surface area contributed by atoms with Gasteiger partial charge in [-0.15, -0.1) is 10.2 Å². The summed E-state index contributed by atoms with van der Waals surface area (Å²) >= 11 is 0. The van der Waals surface area contributed by atoms with Gasteiger partial charge in [-0.05, 0) is 106 Å². The first kappa shape index (κ1) is 40.2. The summed E-state index contributed by atoms with van der Waals surface area (Å²) in [7, 11) is -3.68. The van der Waals surface area contributed by atoms with Crippen molar-refractivity contribution in [2.24, 2.45) is 5.41 Å². The number of likely N-dealkylation sites (tertiary alicyclic amines) is 1. The quantitative estimate of drug-likeness (QED) is 0.175. The first-order chi connectivity index (χ1) is 26.2. The summed E-state index contributed by atoms with van der Waals surface area (Å²) in [6, 6.07) is 8.50. The van der Waals surface area contributed by atoms with Gasteiger partial charge in [-0.3, -0.25) is 17.9 Å². The van der Waals surface area contributed by atoms with Gasteiger partial charge in [-0.2, -0.15) is 17.5 Å². The molecule has 3 aliphatic rings. The first-order valence-electron chi connectivity index (χ1n) is 18.7. The molecule has 1 spiro atoms. The van der Waals surface area contributed by atoms with E-state index in [2.05, 4.69) is 20.1 Å². The molecule has 3 aromatic heterocycles. The number of pyridine rings is 2. The second-order valence-corrected chi connectivity index (χ2v) is 18.8. The van der Waals surface area contributed by atoms with Crippen molar-refractivity contribution in [2.75, 3.05) is 39.9 Å². The summed E-state index contributed by atoms with van der Waals surface area (Å²) in [5.74, 6) is -3.13. The Kier molecular flexibility index (Phi) is 10.1. The number of halogens is 3. The van der Waals surface area contributed by atoms with E-state index in [0.29, 0.717) is 47.2 Å². The van der Waals surface area contributed by atoms with Gasteiger partial charge in [0.05, 0.1) is 24.7 Å². The van der Waals surface area contributed by atoms with Crippen LogP contribution in [0.2, 0.25) is 0 Å². The normalized spacial score (nSPS) is 21.1. The van der Waals surface area contributed by atoms with Gasteiger partial charge in [-0.1, -0.05) is 18.2 Å². The summed E-state index contributed by atoms with van der Waals surface area (Å²) in [6.07, 6.45) is 1.21. The summed E-state index contributed by atoms with van der Waals surface area (Å²) < 4.78 is 90.4. The molecule has 304 valence electrons. The van der Waals surface area contributed by atoms with Crippen LogP contribution in [0.4, 0.5) is 13.2 Å². The highest BCUT2D eigenvalue weighted by Gasteiger charge is 2.58. The van der Waals surface area contributed by atoms with Crippen LogP contribution >= 0.6 is 0 Å². The summed E-state index contributed by atoms with van der Waals surface area (Å²) in [4.78, 5) is 19.5. The van der Waals surface area contributed by atoms with Crippen LogP contribution in [0, 0.1) is 26.2 Å². The van der Waals surface area contributed by atoms with Gasteiger partial charge in [0.15, 0.2) is 15.5 Å². The van der Waals surface area contributed by atoms with E-state index in [1.165, 1.54) is 16.6 Å². The van der Waals surface area contributed by atoms with Crippen LogP contribution in [0.3, 0.4) is 0 Å². The van der Waals surface area contributed by atoms with Crippen molar-refractivity contribution in [3.63, 3.8) is 0 Å². The maximum atomic E-state index is 15.8. The standard InChI is InChI=1S/C39H49F3N6O7S/c1-24-19-31-34(43-21-24)55-38(12-13-38)23-47(56(31,51,52)54-18-17-46-14-9-29(53-6)10-15-46)22-28-20-27(8-7-25(28)2)32(37(4,5)36(49)50)30-11-16-48-33(26(30)3)44-45-35(48)39(40,41)42/h7-8,11,16,19-21,29,32H,9-10,12-15,17-18,22-23H2,1-6H3,(H,49,50)(H,51,52)/t32-/m0/s1. The highest BCUT2D eigenvalue weighted by molar-refractivity contribution is 8.09. The average Bonchev–Trinajstić information content (AvgIpc) is 3.75. The Labute approximate surface area is 323 Å². The molecule has 1 atom stereocenters. The molecule has 0 bridgehead atoms. The molecule has 5 heterocycles. The van der Waals surface area contributed by atoms with Crippen molar-refractivity contribution in [1.82, 2.24) is 28.8 Å². The smallest absolute Gasteiger partial charge is 0.452 e. The minimum Gasteiger partial charge on any atom is -0.481 e. The predicted octanol–water partition coefficient (Wildman–Crippen LogP) is 6.35. The Morgan fingerprint density at radius 2 is 1.82 bits per heavy atom. The van der Waals surface area contributed by atoms with Crippen molar-refractivity contribution in [3.05, 3.63) is 81.9 Å². The van der Waals surface area contributed by atoms with Crippen LogP contribution in [0.25, 0.3) is 5.65 Å². The number of aryl methyl sites for hydroxylation is 3. The molecule has 56 heavy (non-hydrogen) atoms. The lowest BCUT2D eigenvalue weighted by atomic mass is 9.70. The Balaban J connectivity index is 1.30. The van der Waals surface area contributed by atoms with E-state index in [-0.39, 0.29) is 42.2 Å². The maximum absolute atomic E-state index is 15.8. The number of ether oxygens (including phenoxy) is 2. The highest BCUT2D eigenvalue weighted by atomic mass is 32.3. The van der Waals surface area contributed by atoms with Gasteiger partial charge in [0.2, 0.25) is 11.7 Å². The number of carboxylic acid groups (broad SMARTS) is 1. The number of hydrogen-bond donors (Lipinski definition) is 2. The van der Waals surface area contributed by atoms with E-state index < -0.39 is 44.7 Å². The zero-order valence-electron chi connectivity index (χ0n) is 32.4. The minimum atomic E-state index is -5.38. The Morgan fingerprint density at radius 1 is 1.11 bits per heavy atom. The van der Waals surface area contributed by atoms with Crippen molar-refractivity contribution in [3.8, 4) is 5.88 Å². The third-order valence-corrected chi connectivity index (χ3v) is 14.5. The number of aromatic nitrogens is 4. The van der Waals surface area contributed by atoms with E-state index in [1.807, 2.05) is 19.1 Å². The monoisotopic (exact) mass is 802 g/mol. The molecule has 0 radical (unpaired) electrons. The second-order valence-electron chi connectivity index (χ2n) is 16.1. The molecule has 1 saturated heterocycles. The van der Waals surface area contributed by atoms with Gasteiger partial charge in [0.1, 0.15) is 10.5 Å². The fraction of sp³-hybridized carbons (Fsp3) is 0.538. The van der Waals surface area contributed by atoms with Gasteiger partial charge in [-0.25, -0.2) is 9.19 Å². The number of rotatable bonds is 11. The van der Waals surface area contributed by atoms with Gasteiger partial charge >= 0.3 is 12.1 Å². The van der Waals surface area contributed by atoms with E-state index in [1.54, 1.807) is 53.1 Å². The number of hydrogen-bond acceptors (Lipinski definition) is 9. The number of methoxy groups -OCH3 is 1. The van der Waals surface area contributed by atoms with Gasteiger partial charge < -0.3 is 19.5 Å². The van der Waals surface area contributed by atoms with Crippen molar-refractivity contribution < 1.29 is 45.5 Å². The third kappa shape index (κ3) is 7.21. The Morgan fingerprint density at radius 3 is 2.46 bits per heavy atom. The number of nitrogens with zero attached hydrogens (tertiary/aromatic N) is 6. The molecule has 7 rings (SSSR count). The van der Waals surface area contributed by atoms with E-state index in [0.717, 1.165) is 35.9 Å². The molecule has 2 aliphatic heterocycles. The zero-order chi connectivity index (χ0) is 40.4. The largest absolute Gasteiger partial charge is 0.481 e. The highest BCUT2D eigenvalue weighted by Crippen LogP contribution is 2.53. The lowest BCUT2D eigenvalue weighted by Gasteiger charge is -2.45. The molecule has 4 aromatic rings. The first-order valence-corrected chi connectivity index (χ1v) is 20.5. The van der Waals surface area contributed by atoms with Crippen molar-refractivity contribution >= 4 is 21.4 Å². The molecule has 2 fully saturated rings. The number of benzene rings is 1. The van der Waals surface area contributed by atoms with Crippen LogP contribution in [0.1, 0.15) is 84.7 Å². The van der Waals surface area contributed by atoms with Crippen LogP contribution in [-0.4, -0.2) is 100 Å². The van der Waals surface area contributed by atoms with E-state index in [9.17, 15) is 27.6 Å². The van der Waals surface area contributed by atoms with Crippen LogP contribution in [0.15, 0.2) is 47.6 Å². The molecule has 0 amide bonds. The Bertz CT molecular complexity index is 2230. The minimum absolute atomic E-state index is 0.0431. The number of fused-ring (bicyclic) bond motifs is 2. The average molecular weight is 803 g/mol. The SMILES string of the molecule is COC1CCN(CCOS2(=O)(O)c3cc(C)cnc3OC3(CC3)CN2Cc2cc([C@@H](c3ccn4c(C(F)(F)F)nnc4c3C)C(C)(C)C(=O)O)ccc2C)CC1. The lowest BCUT2D eigenvalue weighted by molar-refractivity contribution is -0.147. The Hall–Kier alpha value is -4.00. The second kappa shape index (κ2) is 14.1. The maximum Gasteiger partial charge on any atom is 0.452 e. The fourth-order valence-electron chi connectivity index (χ4n) is 8.00. The summed E-state index contributed by atoms with van der Waals surface area (Å²) in [5.41, 5.74) is 1.13. The molecule has 0 unspecified atom stereocenters. The predicted molar refractivity (Wildman–Crippen MR) is 201 cm³/mol. The molecule has 1 saturated carbocycles. The number of carbonyl (C=O) groups is 1. The van der Waals surface area contributed by atoms with Crippen molar-refractivity contribution in [2.45, 2.75) is 95.5 Å². The van der Waals surface area contributed by atoms with Crippen LogP contribution in [0.5, 0.6) is 5.88 Å². The molecule has 17 heteroatoms. The van der Waals surface area contributed by atoms with Crippen molar-refractivity contribution in [1.29, 1.82) is 0 Å². The lowest BCUT2D eigenvalue weighted by Crippen LogP contribution is -2.54. The number of aliphatic carboxylic acids is 1. The summed E-state index contributed by atoms with van der Waals surface area (Å²) in [6.45, 7) is 10.2. The van der Waals surface area contributed by atoms with Crippen LogP contribution < -0.4 is 4.74 Å². The number of carboxylic acids is 1. The molecule has 1 aliphatic carbocycles. The number of alkyl halides is 3. The summed E-state index contributed by atoms with van der Waals surface area (Å²) in [5, 5.41) is 17.8. The molecular formula is C39H49F3N6O7S. The zero-order valence-corrected chi connectivity index (χ0v) is 33.2.